The van der Waals surface area contributed by atoms with E-state index in [0.717, 1.165) is 5.56 Å². The number of hydrogen-bond acceptors (Lipinski definition) is 6. The Balaban J connectivity index is 2.37. The van der Waals surface area contributed by atoms with Gasteiger partial charge in [-0.2, -0.15) is 5.26 Å². The maximum Gasteiger partial charge on any atom is 0.408 e. The summed E-state index contributed by atoms with van der Waals surface area (Å²) < 4.78 is 11.6. The predicted octanol–water partition coefficient (Wildman–Crippen LogP) is 3.30. The van der Waals surface area contributed by atoms with E-state index in [1.54, 1.807) is 39.0 Å². The fourth-order valence-electron chi connectivity index (χ4n) is 2.63. The van der Waals surface area contributed by atoms with Crippen LogP contribution in [0.4, 0.5) is 10.5 Å². The number of rotatable bonds is 4. The number of nitrogen functional groups attached to an aromatic ring is 1. The highest BCUT2D eigenvalue weighted by Crippen LogP contribution is 2.26. The molecule has 1 unspecified atom stereocenters. The summed E-state index contributed by atoms with van der Waals surface area (Å²) in [6.45, 7) is 7.18. The van der Waals surface area contributed by atoms with Crippen molar-refractivity contribution >= 4 is 17.7 Å². The molecular formula is C20H24N4O4. The summed E-state index contributed by atoms with van der Waals surface area (Å²) in [5, 5.41) is 12.0. The van der Waals surface area contributed by atoms with Gasteiger partial charge in [0.05, 0.1) is 24.4 Å². The summed E-state index contributed by atoms with van der Waals surface area (Å²) in [7, 11) is 1.24. The number of methoxy groups -OCH3 is 1. The molecule has 0 fully saturated rings. The summed E-state index contributed by atoms with van der Waals surface area (Å²) in [6, 6.07) is 8.78. The lowest BCUT2D eigenvalue weighted by Crippen LogP contribution is -2.34. The fourth-order valence-corrected chi connectivity index (χ4v) is 2.63. The van der Waals surface area contributed by atoms with Gasteiger partial charge in [0.1, 0.15) is 11.7 Å². The van der Waals surface area contributed by atoms with Crippen molar-refractivity contribution in [3.63, 3.8) is 0 Å². The quantitative estimate of drug-likeness (QED) is 0.781. The average molecular weight is 384 g/mol. The zero-order chi connectivity index (χ0) is 21.1. The fraction of sp³-hybridized carbons (Fsp3) is 0.350. The van der Waals surface area contributed by atoms with Crippen molar-refractivity contribution in [3.8, 4) is 11.8 Å². The van der Waals surface area contributed by atoms with Gasteiger partial charge in [-0.1, -0.05) is 12.1 Å². The highest BCUT2D eigenvalue weighted by atomic mass is 16.6. The van der Waals surface area contributed by atoms with E-state index in [2.05, 4.69) is 5.32 Å². The largest absolute Gasteiger partial charge is 0.464 e. The molecule has 0 saturated carbocycles. The number of carbonyl (C=O) groups is 2. The van der Waals surface area contributed by atoms with Gasteiger partial charge in [0.2, 0.25) is 0 Å². The van der Waals surface area contributed by atoms with Gasteiger partial charge in [0.25, 0.3) is 0 Å². The minimum atomic E-state index is -0.649. The molecule has 8 nitrogen and oxygen atoms in total. The molecule has 1 aromatic carbocycles. The minimum Gasteiger partial charge on any atom is -0.464 e. The summed E-state index contributed by atoms with van der Waals surface area (Å²) in [4.78, 5) is 24.2. The van der Waals surface area contributed by atoms with Crippen molar-refractivity contribution in [1.29, 1.82) is 5.26 Å². The molecule has 2 rings (SSSR count). The lowest BCUT2D eigenvalue weighted by Gasteiger charge is -2.22. The molecule has 28 heavy (non-hydrogen) atoms. The van der Waals surface area contributed by atoms with Gasteiger partial charge in [-0.05, 0) is 45.4 Å². The maximum absolute atomic E-state index is 12.1. The van der Waals surface area contributed by atoms with Crippen molar-refractivity contribution in [3.05, 3.63) is 47.3 Å². The van der Waals surface area contributed by atoms with E-state index in [0.29, 0.717) is 5.69 Å². The Kier molecular flexibility index (Phi) is 5.99. The Labute approximate surface area is 163 Å². The number of nitrogens with two attached hydrogens (primary N) is 1. The van der Waals surface area contributed by atoms with Crippen LogP contribution in [-0.2, 0) is 9.47 Å². The third-order valence-electron chi connectivity index (χ3n) is 3.93. The summed E-state index contributed by atoms with van der Waals surface area (Å²) in [5.41, 5.74) is 7.02. The van der Waals surface area contributed by atoms with Crippen LogP contribution in [0.25, 0.3) is 5.69 Å². The van der Waals surface area contributed by atoms with Gasteiger partial charge < -0.3 is 25.1 Å². The monoisotopic (exact) mass is 384 g/mol. The number of hydrogen-bond donors (Lipinski definition) is 2. The van der Waals surface area contributed by atoms with Gasteiger partial charge in [0, 0.05) is 11.9 Å². The molecule has 1 heterocycles. The molecule has 1 amide bonds. The smallest absolute Gasteiger partial charge is 0.408 e. The Bertz CT molecular complexity index is 935. The topological polar surface area (TPSA) is 119 Å². The lowest BCUT2D eigenvalue weighted by molar-refractivity contribution is 0.0507. The zero-order valence-electron chi connectivity index (χ0n) is 16.6. The van der Waals surface area contributed by atoms with Crippen LogP contribution in [-0.4, -0.2) is 29.3 Å². The van der Waals surface area contributed by atoms with E-state index >= 15 is 0 Å². The molecular weight excluding hydrogens is 360 g/mol. The first kappa shape index (κ1) is 20.8. The number of amides is 1. The van der Waals surface area contributed by atoms with E-state index in [1.165, 1.54) is 17.9 Å². The summed E-state index contributed by atoms with van der Waals surface area (Å²) >= 11 is 0. The molecule has 0 saturated heterocycles. The molecule has 0 spiro atoms. The molecule has 0 radical (unpaired) electrons. The highest BCUT2D eigenvalue weighted by molar-refractivity contribution is 5.95. The maximum atomic E-state index is 12.1. The molecule has 0 aliphatic rings. The van der Waals surface area contributed by atoms with Crippen molar-refractivity contribution < 1.29 is 19.1 Å². The van der Waals surface area contributed by atoms with Crippen LogP contribution in [0, 0.1) is 11.3 Å². The van der Waals surface area contributed by atoms with Gasteiger partial charge in [0.15, 0.2) is 5.69 Å². The second-order valence-electron chi connectivity index (χ2n) is 7.24. The van der Waals surface area contributed by atoms with Gasteiger partial charge >= 0.3 is 12.1 Å². The Hall–Kier alpha value is -3.47. The van der Waals surface area contributed by atoms with Crippen molar-refractivity contribution in [1.82, 2.24) is 9.88 Å². The van der Waals surface area contributed by atoms with Crippen LogP contribution in [0.2, 0.25) is 0 Å². The number of esters is 1. The van der Waals surface area contributed by atoms with Crippen molar-refractivity contribution in [2.45, 2.75) is 39.3 Å². The van der Waals surface area contributed by atoms with Gasteiger partial charge in [-0.25, -0.2) is 9.59 Å². The molecule has 2 aromatic rings. The second-order valence-corrected chi connectivity index (χ2v) is 7.24. The van der Waals surface area contributed by atoms with Crippen LogP contribution in [0.5, 0.6) is 0 Å². The van der Waals surface area contributed by atoms with Crippen LogP contribution < -0.4 is 11.1 Å². The SMILES string of the molecule is COC(=O)c1c(N)c(C#N)cn1-c1cccc(C(C)NC(=O)OC(C)(C)C)c1. The Morgan fingerprint density at radius 1 is 1.32 bits per heavy atom. The number of ether oxygens (including phenoxy) is 2. The molecule has 8 heteroatoms. The third kappa shape index (κ3) is 4.62. The molecule has 148 valence electrons. The van der Waals surface area contributed by atoms with Gasteiger partial charge in [-0.15, -0.1) is 0 Å². The molecule has 0 aliphatic carbocycles. The van der Waals surface area contributed by atoms with Crippen molar-refractivity contribution in [2.75, 3.05) is 12.8 Å². The van der Waals surface area contributed by atoms with E-state index < -0.39 is 17.7 Å². The first-order chi connectivity index (χ1) is 13.1. The highest BCUT2D eigenvalue weighted by Gasteiger charge is 2.22. The lowest BCUT2D eigenvalue weighted by atomic mass is 10.1. The first-order valence-electron chi connectivity index (χ1n) is 8.66. The normalized spacial score (nSPS) is 12.0. The second kappa shape index (κ2) is 8.05. The molecule has 3 N–H and O–H groups in total. The molecule has 1 atom stereocenters. The number of anilines is 1. The van der Waals surface area contributed by atoms with E-state index in [9.17, 15) is 14.9 Å². The Morgan fingerprint density at radius 2 is 2.00 bits per heavy atom. The number of nitrogens with one attached hydrogen (secondary N) is 1. The number of nitriles is 1. The molecule has 0 bridgehead atoms. The van der Waals surface area contributed by atoms with Crippen LogP contribution >= 0.6 is 0 Å². The number of alkyl carbamates (subject to hydrolysis) is 1. The first-order valence-corrected chi connectivity index (χ1v) is 8.66. The van der Waals surface area contributed by atoms with Gasteiger partial charge in [-0.3, -0.25) is 0 Å². The van der Waals surface area contributed by atoms with Crippen LogP contribution in [0.1, 0.15) is 55.4 Å². The van der Waals surface area contributed by atoms with E-state index in [-0.39, 0.29) is 23.0 Å². The predicted molar refractivity (Wildman–Crippen MR) is 104 cm³/mol. The number of carbonyl (C=O) groups excluding carboxylic acids is 2. The van der Waals surface area contributed by atoms with Crippen molar-refractivity contribution in [2.24, 2.45) is 0 Å². The van der Waals surface area contributed by atoms with Crippen LogP contribution in [0.15, 0.2) is 30.5 Å². The summed E-state index contributed by atoms with van der Waals surface area (Å²) in [5.74, 6) is -0.649. The number of nitrogens with zero attached hydrogens (tertiary/aromatic N) is 2. The number of benzene rings is 1. The molecule has 0 aliphatic heterocycles. The van der Waals surface area contributed by atoms with Crippen LogP contribution in [0.3, 0.4) is 0 Å². The van der Waals surface area contributed by atoms with E-state index in [4.69, 9.17) is 15.2 Å². The third-order valence-corrected chi connectivity index (χ3v) is 3.93. The zero-order valence-corrected chi connectivity index (χ0v) is 16.6. The van der Waals surface area contributed by atoms with E-state index in [1.807, 2.05) is 19.1 Å². The molecule has 1 aromatic heterocycles. The standard InChI is InChI=1S/C20H24N4O4/c1-12(23-19(26)28-20(2,3)4)13-7-6-8-15(9-13)24-11-14(10-21)16(22)17(24)18(25)27-5/h6-9,11-12H,22H2,1-5H3,(H,23,26). The Morgan fingerprint density at radius 3 is 2.57 bits per heavy atom. The average Bonchev–Trinajstić information content (AvgIpc) is 2.96. The summed E-state index contributed by atoms with van der Waals surface area (Å²) in [6.07, 6.45) is 0.949. The minimum absolute atomic E-state index is 0.0553. The number of aromatic nitrogens is 1.